The maximum Gasteiger partial charge on any atom is 0.415 e. The number of hydrogen-bond donors (Lipinski definition) is 6. The Morgan fingerprint density at radius 2 is 1.12 bits per heavy atom. The second-order valence-electron chi connectivity index (χ2n) is 25.4. The lowest BCUT2D eigenvalue weighted by Crippen LogP contribution is -2.42. The fraction of sp³-hybridized carbons (Fsp3) is 0.395. The highest BCUT2D eigenvalue weighted by Crippen LogP contribution is 2.44. The van der Waals surface area contributed by atoms with Crippen LogP contribution in [-0.2, 0) is 31.9 Å². The van der Waals surface area contributed by atoms with E-state index >= 15 is 0 Å². The third-order valence-electron chi connectivity index (χ3n) is 17.5. The Labute approximate surface area is 620 Å². The summed E-state index contributed by atoms with van der Waals surface area (Å²) >= 11 is 36.2. The number of halogens is 6. The van der Waals surface area contributed by atoms with Gasteiger partial charge < -0.3 is 54.5 Å². The molecular weight excluding hydrogens is 1420 g/mol. The van der Waals surface area contributed by atoms with Crippen LogP contribution in [0.4, 0.5) is 21.9 Å². The predicted molar refractivity (Wildman–Crippen MR) is 401 cm³/mol. The van der Waals surface area contributed by atoms with Crippen molar-refractivity contribution in [3.05, 3.63) is 176 Å². The summed E-state index contributed by atoms with van der Waals surface area (Å²) in [5.41, 5.74) is 9.16. The largest absolute Gasteiger partial charge is 0.506 e. The van der Waals surface area contributed by atoms with Crippen LogP contribution in [0, 0.1) is 72.8 Å². The van der Waals surface area contributed by atoms with Gasteiger partial charge >= 0.3 is 12.1 Å². The van der Waals surface area contributed by atoms with Crippen molar-refractivity contribution < 1.29 is 58.2 Å². The number of benzene rings is 6. The molecule has 10 rings (SSSR count). The minimum atomic E-state index is -0.709. The number of aromatic nitrogens is 3. The highest BCUT2D eigenvalue weighted by Gasteiger charge is 2.38. The number of hydrogen-bond acceptors (Lipinski definition) is 13. The second-order valence-corrected chi connectivity index (χ2v) is 27.8. The van der Waals surface area contributed by atoms with Gasteiger partial charge in [-0.25, -0.2) is 23.9 Å². The van der Waals surface area contributed by atoms with Gasteiger partial charge in [-0.1, -0.05) is 183 Å². The highest BCUT2D eigenvalue weighted by molar-refractivity contribution is 6.39. The van der Waals surface area contributed by atoms with E-state index in [1.54, 1.807) is 19.9 Å². The molecule has 2 aromatic heterocycles. The number of amides is 3. The van der Waals surface area contributed by atoms with Gasteiger partial charge in [-0.05, 0) is 168 Å². The van der Waals surface area contributed by atoms with Crippen LogP contribution >= 0.6 is 69.6 Å². The van der Waals surface area contributed by atoms with E-state index in [0.717, 1.165) is 58.2 Å². The van der Waals surface area contributed by atoms with Gasteiger partial charge in [0.05, 0.1) is 46.2 Å². The predicted octanol–water partition coefficient (Wildman–Crippen LogP) is 19.9. The van der Waals surface area contributed by atoms with Crippen LogP contribution in [0.5, 0.6) is 34.6 Å². The number of aryl methyl sites for hydroxylation is 6. The zero-order valence-electron chi connectivity index (χ0n) is 59.1. The topological polar surface area (TPSA) is 240 Å². The Balaban J connectivity index is 0.000000201. The number of carbonyl (C=O) groups is 4. The molecule has 2 aliphatic rings. The van der Waals surface area contributed by atoms with Gasteiger partial charge in [0.25, 0.3) is 17.5 Å². The molecule has 3 heterocycles. The molecular formula is C76H87Cl6N7O12. The molecule has 25 heteroatoms. The minimum Gasteiger partial charge on any atom is -0.506 e. The lowest BCUT2D eigenvalue weighted by Gasteiger charge is -2.37. The molecule has 1 saturated carbocycles. The van der Waals surface area contributed by atoms with Crippen LogP contribution in [0.2, 0.25) is 30.1 Å². The zero-order chi connectivity index (χ0) is 74.4. The van der Waals surface area contributed by atoms with Crippen molar-refractivity contribution in [2.75, 3.05) is 36.9 Å². The minimum absolute atomic E-state index is 0.00240. The van der Waals surface area contributed by atoms with Gasteiger partial charge in [0.2, 0.25) is 5.88 Å². The van der Waals surface area contributed by atoms with E-state index in [0.29, 0.717) is 106 Å². The van der Waals surface area contributed by atoms with E-state index in [4.69, 9.17) is 99.9 Å². The van der Waals surface area contributed by atoms with Crippen molar-refractivity contribution in [3.8, 4) is 46.0 Å². The van der Waals surface area contributed by atoms with Crippen LogP contribution in [0.15, 0.2) is 78.9 Å². The number of phenols is 3. The van der Waals surface area contributed by atoms with Crippen molar-refractivity contribution in [1.29, 1.82) is 0 Å². The van der Waals surface area contributed by atoms with Crippen LogP contribution < -0.4 is 24.8 Å². The number of anilines is 2. The normalized spacial score (nSPS) is 16.2. The van der Waals surface area contributed by atoms with Crippen LogP contribution in [0.3, 0.4) is 0 Å². The number of rotatable bonds is 16. The quantitative estimate of drug-likeness (QED) is 0.0300. The van der Waals surface area contributed by atoms with Crippen molar-refractivity contribution in [3.63, 3.8) is 0 Å². The van der Waals surface area contributed by atoms with Crippen molar-refractivity contribution in [1.82, 2.24) is 19.5 Å². The number of nitrogens with zero attached hydrogens (tertiary/aromatic N) is 4. The zero-order valence-corrected chi connectivity index (χ0v) is 63.6. The number of fused-ring (bicyclic) bond motifs is 1. The van der Waals surface area contributed by atoms with Gasteiger partial charge in [-0.3, -0.25) is 14.7 Å². The van der Waals surface area contributed by atoms with Gasteiger partial charge in [0.1, 0.15) is 28.9 Å². The van der Waals surface area contributed by atoms with E-state index in [-0.39, 0.29) is 91.2 Å². The molecule has 19 nitrogen and oxygen atoms in total. The molecule has 6 aromatic carbocycles. The lowest BCUT2D eigenvalue weighted by atomic mass is 9.75. The number of morpholine rings is 1. The lowest BCUT2D eigenvalue weighted by molar-refractivity contribution is -0.123. The Hall–Kier alpha value is -8.06. The number of aromatic hydroxyl groups is 3. The van der Waals surface area contributed by atoms with E-state index in [1.807, 2.05) is 123 Å². The summed E-state index contributed by atoms with van der Waals surface area (Å²) in [5, 5.41) is 40.3. The Kier molecular flexibility index (Phi) is 28.8. The molecule has 101 heavy (non-hydrogen) atoms. The molecule has 6 N–H and O–H groups in total. The number of aromatic amines is 1. The van der Waals surface area contributed by atoms with Gasteiger partial charge in [-0.15, -0.1) is 0 Å². The number of carbonyl (C=O) groups excluding carboxylic acids is 4. The summed E-state index contributed by atoms with van der Waals surface area (Å²) in [6.45, 7) is 36.7. The van der Waals surface area contributed by atoms with Crippen LogP contribution in [0.1, 0.15) is 135 Å². The maximum atomic E-state index is 13.7. The molecule has 4 unspecified atom stereocenters. The standard InChI is InChI=1S/C28H33N5O5.C20H23Cl2NO3.C19H21Cl2NO3.C9H10Cl2O/c1-16-6-8-20(9-7-16)24-30-25-21(27(34)37-23-18(3)14-17(2)15-19(23)4)22(29-5)26(33(25)31-24)38-28(35)32-10-12-36-13-11-32;1-5-13-14(21)10-15(19(24)18(13)22)23-20(25)16(6-2)26-17-8-7-11(3)9-12(17)4;1-5-15(25-16-7-6-10(2)8-11(16)3)19(24)22-14-9-13(20)12(4)17(21)18(14)23;1-3-6-7(10)4-5(2)9(12)8(6)11/h6-9,17-19,23H,10-15H2,1-4H3,(H,30,31);7-10,16,24H,5-6H2,1-4H3,(H,23,25);6-9,15,23H,5H2,1-4H3,(H,22,24);4,12H,3H2,1-2H3. The summed E-state index contributed by atoms with van der Waals surface area (Å²) in [6, 6.07) is 24.0. The number of phenolic OH excluding ortho intramolecular Hbond substituents is 3. The fourth-order valence-electron chi connectivity index (χ4n) is 11.9. The molecule has 3 amide bonds. The van der Waals surface area contributed by atoms with Crippen LogP contribution in [0.25, 0.3) is 21.9 Å². The molecule has 8 aromatic rings. The van der Waals surface area contributed by atoms with Crippen molar-refractivity contribution in [2.45, 2.75) is 154 Å². The van der Waals surface area contributed by atoms with Crippen LogP contribution in [-0.4, -0.2) is 103 Å². The Bertz CT molecular complexity index is 4340. The molecule has 1 aliphatic carbocycles. The summed E-state index contributed by atoms with van der Waals surface area (Å²) in [7, 11) is 0. The number of H-pyrrole nitrogens is 1. The summed E-state index contributed by atoms with van der Waals surface area (Å²) in [4.78, 5) is 61.6. The first kappa shape index (κ1) is 80.3. The molecule has 0 spiro atoms. The van der Waals surface area contributed by atoms with Gasteiger partial charge in [-0.2, -0.15) is 0 Å². The smallest absolute Gasteiger partial charge is 0.415 e. The first-order valence-electron chi connectivity index (χ1n) is 33.3. The summed E-state index contributed by atoms with van der Waals surface area (Å²) in [5.74, 6) is 0.973. The van der Waals surface area contributed by atoms with E-state index in [9.17, 15) is 34.5 Å². The molecule has 2 fully saturated rings. The average Bonchev–Trinajstić information content (AvgIpc) is 1.59. The maximum absolute atomic E-state index is 13.7. The molecule has 4 atom stereocenters. The fourth-order valence-corrected chi connectivity index (χ4v) is 13.9. The molecule has 0 radical (unpaired) electrons. The third-order valence-corrected chi connectivity index (χ3v) is 19.8. The molecule has 1 aliphatic heterocycles. The molecule has 1 saturated heterocycles. The van der Waals surface area contributed by atoms with E-state index in [2.05, 4.69) is 46.3 Å². The SMILES string of the molecule is CCC(Oc1ccc(C)cc1C)C(=O)Nc1cc(Cl)c(C)c(Cl)c1O.CCc1c(Cl)cc(C)c(O)c1Cl.CCc1c(Cl)cc(NC(=O)C(CC)Oc2ccc(C)cc2C)c(O)c1Cl.[C-]#[N+]c1c(C(=O)OC2C(C)CC(C)CC2C)c2nc(-c3ccc(C)cc3)[nH]n2c1OC(=O)N1CCOCC1. The van der Waals surface area contributed by atoms with E-state index in [1.165, 1.54) is 21.5 Å². The van der Waals surface area contributed by atoms with Crippen molar-refractivity contribution in [2.24, 2.45) is 17.8 Å². The second kappa shape index (κ2) is 36.2. The van der Waals surface area contributed by atoms with E-state index < -0.39 is 24.3 Å². The first-order valence-corrected chi connectivity index (χ1v) is 35.6. The van der Waals surface area contributed by atoms with Gasteiger partial charge in [0, 0.05) is 33.7 Å². The Morgan fingerprint density at radius 1 is 0.644 bits per heavy atom. The number of esters is 1. The summed E-state index contributed by atoms with van der Waals surface area (Å²) < 4.78 is 30.2. The monoisotopic (exact) mass is 1500 g/mol. The number of ether oxygens (including phenoxy) is 5. The van der Waals surface area contributed by atoms with Crippen molar-refractivity contribution >= 4 is 116 Å². The highest BCUT2D eigenvalue weighted by atomic mass is 35.5. The summed E-state index contributed by atoms with van der Waals surface area (Å²) in [6.07, 6.45) is 1.85. The third kappa shape index (κ3) is 19.8. The number of nitrogens with one attached hydrogen (secondary N) is 3. The average molecular weight is 1500 g/mol. The molecule has 0 bridgehead atoms. The Morgan fingerprint density at radius 3 is 1.60 bits per heavy atom. The molecule has 540 valence electrons. The first-order chi connectivity index (χ1) is 47.9. The van der Waals surface area contributed by atoms with Gasteiger partial charge in [0.15, 0.2) is 35.2 Å².